The molecule has 0 unspecified atom stereocenters. The fourth-order valence-electron chi connectivity index (χ4n) is 4.27. The highest BCUT2D eigenvalue weighted by Gasteiger charge is 2.21. The first-order chi connectivity index (χ1) is 21.6. The number of hydrogen-bond acceptors (Lipinski definition) is 14. The van der Waals surface area contributed by atoms with Gasteiger partial charge in [0.05, 0.1) is 46.0 Å². The Hall–Kier alpha value is -3.67. The first-order valence-electron chi connectivity index (χ1n) is 15.2. The Morgan fingerprint density at radius 2 is 0.778 bits per heavy atom. The smallest absolute Gasteiger partial charge is 0.325 e. The van der Waals surface area contributed by atoms with E-state index >= 15 is 0 Å². The molecule has 17 heteroatoms. The van der Waals surface area contributed by atoms with E-state index in [1.165, 1.54) is 0 Å². The van der Waals surface area contributed by atoms with E-state index in [2.05, 4.69) is 16.0 Å². The average Bonchev–Trinajstić information content (AvgIpc) is 2.99. The zero-order chi connectivity index (χ0) is 33.5. The third kappa shape index (κ3) is 19.4. The summed E-state index contributed by atoms with van der Waals surface area (Å²) in [5.74, 6) is -2.80. The Morgan fingerprint density at radius 3 is 1.02 bits per heavy atom. The second-order valence-corrected chi connectivity index (χ2v) is 10.0. The number of ether oxygens (including phenoxy) is 3. The van der Waals surface area contributed by atoms with Crippen LogP contribution in [0.1, 0.15) is 20.8 Å². The summed E-state index contributed by atoms with van der Waals surface area (Å²) in [6.07, 6.45) is 0.787. The lowest BCUT2D eigenvalue weighted by Crippen LogP contribution is -2.51. The largest absolute Gasteiger partial charge is 0.465 e. The topological polar surface area (TPSA) is 196 Å². The molecule has 3 N–H and O–H groups in total. The lowest BCUT2D eigenvalue weighted by atomic mass is 10.3. The lowest BCUT2D eigenvalue weighted by Gasteiger charge is -2.33. The number of rotatable bonds is 17. The van der Waals surface area contributed by atoms with Gasteiger partial charge in [0.2, 0.25) is 17.7 Å². The van der Waals surface area contributed by atoms with Gasteiger partial charge in [0.25, 0.3) is 0 Å². The molecule has 1 heterocycles. The third-order valence-electron chi connectivity index (χ3n) is 6.57. The van der Waals surface area contributed by atoms with Gasteiger partial charge in [-0.15, -0.1) is 0 Å². The van der Waals surface area contributed by atoms with Crippen LogP contribution in [0.5, 0.6) is 0 Å². The summed E-state index contributed by atoms with van der Waals surface area (Å²) in [7, 11) is 0. The molecule has 0 aromatic carbocycles. The number of nitrogens with one attached hydrogen (secondary N) is 3. The zero-order valence-corrected chi connectivity index (χ0v) is 26.7. The minimum atomic E-state index is -0.556. The first kappa shape index (κ1) is 39.4. The quantitative estimate of drug-likeness (QED) is 0.0800. The van der Waals surface area contributed by atoms with Crippen molar-refractivity contribution in [3.05, 3.63) is 0 Å². The summed E-state index contributed by atoms with van der Waals surface area (Å²) in [6.45, 7) is 8.00. The van der Waals surface area contributed by atoms with Crippen molar-refractivity contribution >= 4 is 41.9 Å². The molecule has 0 spiro atoms. The highest BCUT2D eigenvalue weighted by Crippen LogP contribution is 2.01. The molecule has 0 aromatic rings. The average molecular weight is 644 g/mol. The van der Waals surface area contributed by atoms with Gasteiger partial charge in [-0.1, -0.05) is 0 Å². The molecule has 1 rings (SSSR count). The van der Waals surface area contributed by atoms with Crippen molar-refractivity contribution in [2.45, 2.75) is 20.8 Å². The van der Waals surface area contributed by atoms with Gasteiger partial charge in [-0.05, 0) is 20.8 Å². The van der Waals surface area contributed by atoms with Gasteiger partial charge in [0.15, 0.2) is 0 Å². The van der Waals surface area contributed by atoms with Crippen molar-refractivity contribution < 1.29 is 47.8 Å². The highest BCUT2D eigenvalue weighted by molar-refractivity contribution is 5.84. The molecule has 0 aliphatic carbocycles. The Labute approximate surface area is 264 Å². The van der Waals surface area contributed by atoms with E-state index < -0.39 is 23.8 Å². The van der Waals surface area contributed by atoms with Crippen molar-refractivity contribution in [1.82, 2.24) is 35.6 Å². The number of esters is 3. The van der Waals surface area contributed by atoms with Crippen molar-refractivity contribution in [2.24, 2.45) is 0 Å². The van der Waals surface area contributed by atoms with Crippen molar-refractivity contribution in [3.8, 4) is 0 Å². The van der Waals surface area contributed by atoms with E-state index in [0.717, 1.165) is 6.29 Å². The summed E-state index contributed by atoms with van der Waals surface area (Å²) in [6, 6.07) is 0. The van der Waals surface area contributed by atoms with E-state index in [9.17, 15) is 33.6 Å². The van der Waals surface area contributed by atoms with Gasteiger partial charge in [0.1, 0.15) is 25.9 Å². The number of hydrogen-bond donors (Lipinski definition) is 3. The van der Waals surface area contributed by atoms with E-state index in [4.69, 9.17) is 14.2 Å². The molecule has 1 aliphatic heterocycles. The molecule has 0 atom stereocenters. The molecule has 0 saturated carbocycles. The van der Waals surface area contributed by atoms with E-state index in [-0.39, 0.29) is 77.4 Å². The van der Waals surface area contributed by atoms with Gasteiger partial charge in [-0.3, -0.25) is 48.4 Å². The first-order valence-corrected chi connectivity index (χ1v) is 15.2. The SMILES string of the molecule is CCOC(=O)CNC(=O)CN1CCN(CC=O)CCN(CC(=O)NCC(=O)OCC)CCN(CC(=O)NCC(=O)OCC)CC1. The maximum atomic E-state index is 12.7. The fraction of sp³-hybridized carbons (Fsp3) is 0.750. The summed E-state index contributed by atoms with van der Waals surface area (Å²) in [5, 5.41) is 7.64. The minimum absolute atomic E-state index is 0.0238. The van der Waals surface area contributed by atoms with Crippen LogP contribution < -0.4 is 16.0 Å². The Kier molecular flexibility index (Phi) is 20.7. The van der Waals surface area contributed by atoms with Crippen LogP contribution in [0.2, 0.25) is 0 Å². The predicted octanol–water partition coefficient (Wildman–Crippen LogP) is -3.56. The highest BCUT2D eigenvalue weighted by atomic mass is 16.5. The molecular weight excluding hydrogens is 594 g/mol. The lowest BCUT2D eigenvalue weighted by molar-refractivity contribution is -0.144. The monoisotopic (exact) mass is 643 g/mol. The van der Waals surface area contributed by atoms with Gasteiger partial charge in [-0.2, -0.15) is 0 Å². The summed E-state index contributed by atoms with van der Waals surface area (Å²) in [4.78, 5) is 91.8. The number of amides is 3. The van der Waals surface area contributed by atoms with Crippen molar-refractivity contribution in [2.75, 3.05) is 118 Å². The Bertz CT molecular complexity index is 916. The molecule has 17 nitrogen and oxygen atoms in total. The maximum Gasteiger partial charge on any atom is 0.325 e. The Balaban J connectivity index is 3.00. The Morgan fingerprint density at radius 1 is 0.511 bits per heavy atom. The van der Waals surface area contributed by atoms with E-state index in [0.29, 0.717) is 52.4 Å². The van der Waals surface area contributed by atoms with Crippen LogP contribution >= 0.6 is 0 Å². The molecule has 3 amide bonds. The third-order valence-corrected chi connectivity index (χ3v) is 6.57. The van der Waals surface area contributed by atoms with Crippen LogP contribution in [0.15, 0.2) is 0 Å². The van der Waals surface area contributed by atoms with Crippen LogP contribution in [0.25, 0.3) is 0 Å². The number of carbonyl (C=O) groups is 7. The fourth-order valence-corrected chi connectivity index (χ4v) is 4.27. The summed E-state index contributed by atoms with van der Waals surface area (Å²) in [5.41, 5.74) is 0. The molecule has 256 valence electrons. The minimum Gasteiger partial charge on any atom is -0.465 e. The van der Waals surface area contributed by atoms with Crippen LogP contribution in [0.4, 0.5) is 0 Å². The van der Waals surface area contributed by atoms with E-state index in [1.54, 1.807) is 20.8 Å². The molecule has 0 radical (unpaired) electrons. The summed E-state index contributed by atoms with van der Waals surface area (Å²) < 4.78 is 14.6. The molecule has 45 heavy (non-hydrogen) atoms. The maximum absolute atomic E-state index is 12.7. The van der Waals surface area contributed by atoms with Crippen LogP contribution in [0, 0.1) is 0 Å². The normalized spacial score (nSPS) is 15.9. The van der Waals surface area contributed by atoms with Crippen molar-refractivity contribution in [3.63, 3.8) is 0 Å². The molecule has 1 aliphatic rings. The predicted molar refractivity (Wildman–Crippen MR) is 161 cm³/mol. The van der Waals surface area contributed by atoms with Crippen LogP contribution in [0.3, 0.4) is 0 Å². The molecule has 1 fully saturated rings. The number of nitrogens with zero attached hydrogens (tertiary/aromatic N) is 4. The molecular formula is C28H49N7O10. The second-order valence-electron chi connectivity index (χ2n) is 10.0. The van der Waals surface area contributed by atoms with Gasteiger partial charge < -0.3 is 35.0 Å². The van der Waals surface area contributed by atoms with Crippen LogP contribution in [-0.2, 0) is 47.8 Å². The van der Waals surface area contributed by atoms with Gasteiger partial charge in [-0.25, -0.2) is 0 Å². The molecule has 0 aromatic heterocycles. The van der Waals surface area contributed by atoms with E-state index in [1.807, 2.05) is 19.6 Å². The second kappa shape index (κ2) is 23.7. The molecule has 1 saturated heterocycles. The van der Waals surface area contributed by atoms with Gasteiger partial charge in [0, 0.05) is 52.4 Å². The number of aldehydes is 1. The molecule has 0 bridgehead atoms. The number of carbonyl (C=O) groups excluding carboxylic acids is 7. The van der Waals surface area contributed by atoms with Crippen LogP contribution in [-0.4, -0.2) is 180 Å². The van der Waals surface area contributed by atoms with Gasteiger partial charge >= 0.3 is 17.9 Å². The summed E-state index contributed by atoms with van der Waals surface area (Å²) >= 11 is 0. The zero-order valence-electron chi connectivity index (χ0n) is 26.7. The van der Waals surface area contributed by atoms with Crippen molar-refractivity contribution in [1.29, 1.82) is 0 Å². The standard InChI is InChI=1S/C28H49N7O10/c1-4-43-26(40)17-29-23(37)20-33-9-7-32(15-16-36)8-10-34(21-24(38)30-18-27(41)44-5-2)12-14-35(13-11-33)22-25(39)31-19-28(42)45-6-3/h16H,4-15,17-22H2,1-3H3,(H,29,37)(H,30,38)(H,31,39).